The first-order valence-electron chi connectivity index (χ1n) is 8.66. The fourth-order valence-corrected chi connectivity index (χ4v) is 5.13. The Morgan fingerprint density at radius 2 is 1.72 bits per heavy atom. The Kier molecular flexibility index (Phi) is 6.64. The molecule has 0 aliphatic heterocycles. The fraction of sp³-hybridized carbons (Fsp3) is 0.647. The minimum absolute atomic E-state index is 0.0548. The molecule has 0 aromatic heterocycles. The van der Waals surface area contributed by atoms with Crippen molar-refractivity contribution in [3.63, 3.8) is 0 Å². The van der Waals surface area contributed by atoms with Crippen LogP contribution in [0.5, 0.6) is 0 Å². The van der Waals surface area contributed by atoms with E-state index in [4.69, 9.17) is 0 Å². The topological polar surface area (TPSA) is 83.6 Å². The molecule has 0 bridgehead atoms. The normalized spacial score (nSPS) is 15.6. The van der Waals surface area contributed by atoms with Gasteiger partial charge in [-0.2, -0.15) is 0 Å². The highest BCUT2D eigenvalue weighted by Crippen LogP contribution is 2.24. The summed E-state index contributed by atoms with van der Waals surface area (Å²) in [5.41, 5.74) is 2.33. The third-order valence-electron chi connectivity index (χ3n) is 4.32. The lowest BCUT2D eigenvalue weighted by Crippen LogP contribution is -2.39. The zero-order valence-electron chi connectivity index (χ0n) is 15.2. The van der Waals surface area contributed by atoms with Crippen LogP contribution in [0.4, 0.5) is 0 Å². The molecule has 1 aliphatic rings. The number of nitrogens with zero attached hydrogens (tertiary/aromatic N) is 1. The van der Waals surface area contributed by atoms with Crippen LogP contribution in [0.25, 0.3) is 0 Å². The molecule has 0 heterocycles. The Labute approximate surface area is 151 Å². The van der Waals surface area contributed by atoms with Crippen molar-refractivity contribution in [1.29, 1.82) is 0 Å². The van der Waals surface area contributed by atoms with Crippen molar-refractivity contribution in [3.05, 3.63) is 29.3 Å². The second-order valence-electron chi connectivity index (χ2n) is 7.05. The van der Waals surface area contributed by atoms with E-state index in [9.17, 15) is 16.8 Å². The van der Waals surface area contributed by atoms with Crippen LogP contribution < -0.4 is 4.72 Å². The number of hydrogen-bond donors (Lipinski definition) is 1. The van der Waals surface area contributed by atoms with Gasteiger partial charge in [0.25, 0.3) is 0 Å². The molecule has 25 heavy (non-hydrogen) atoms. The van der Waals surface area contributed by atoms with Crippen LogP contribution >= 0.6 is 0 Å². The number of nitrogens with one attached hydrogen (secondary N) is 1. The standard InChI is InChI=1S/C17H28N2O4S2/c1-14(2)13-19(24(3,20)21)11-10-18-25(22,23)17-9-8-15-6-4-5-7-16(15)12-17/h8-9,12,14,18H,4-7,10-11,13H2,1-3H3. The number of sulfonamides is 2. The van der Waals surface area contributed by atoms with Gasteiger partial charge in [0.05, 0.1) is 11.2 Å². The third kappa shape index (κ3) is 5.77. The summed E-state index contributed by atoms with van der Waals surface area (Å²) in [4.78, 5) is 0.253. The van der Waals surface area contributed by atoms with E-state index in [0.717, 1.165) is 37.5 Å². The third-order valence-corrected chi connectivity index (χ3v) is 7.05. The Hall–Kier alpha value is -0.960. The zero-order valence-corrected chi connectivity index (χ0v) is 16.8. The highest BCUT2D eigenvalue weighted by atomic mass is 32.2. The molecule has 0 fully saturated rings. The van der Waals surface area contributed by atoms with Crippen LogP contribution in [0.1, 0.15) is 37.8 Å². The molecule has 0 unspecified atom stereocenters. The summed E-state index contributed by atoms with van der Waals surface area (Å²) in [6.45, 7) is 4.41. The molecule has 1 aromatic rings. The summed E-state index contributed by atoms with van der Waals surface area (Å²) < 4.78 is 52.4. The molecule has 0 saturated heterocycles. The minimum Gasteiger partial charge on any atom is -0.213 e. The lowest BCUT2D eigenvalue weighted by atomic mass is 9.92. The van der Waals surface area contributed by atoms with Gasteiger partial charge in [0.15, 0.2) is 0 Å². The van der Waals surface area contributed by atoms with E-state index in [1.807, 2.05) is 19.9 Å². The van der Waals surface area contributed by atoms with E-state index < -0.39 is 20.0 Å². The van der Waals surface area contributed by atoms with Gasteiger partial charge >= 0.3 is 0 Å². The van der Waals surface area contributed by atoms with E-state index in [1.54, 1.807) is 12.1 Å². The lowest BCUT2D eigenvalue weighted by molar-refractivity contribution is 0.372. The van der Waals surface area contributed by atoms with Crippen molar-refractivity contribution in [1.82, 2.24) is 9.03 Å². The van der Waals surface area contributed by atoms with E-state index in [1.165, 1.54) is 9.87 Å². The fourth-order valence-electron chi connectivity index (χ4n) is 3.06. The summed E-state index contributed by atoms with van der Waals surface area (Å²) in [6.07, 6.45) is 5.29. The first-order valence-corrected chi connectivity index (χ1v) is 12.0. The summed E-state index contributed by atoms with van der Waals surface area (Å²) >= 11 is 0. The molecule has 1 N–H and O–H groups in total. The second-order valence-corrected chi connectivity index (χ2v) is 10.8. The molecular weight excluding hydrogens is 360 g/mol. The molecule has 0 radical (unpaired) electrons. The first-order chi connectivity index (χ1) is 11.6. The highest BCUT2D eigenvalue weighted by Gasteiger charge is 2.21. The van der Waals surface area contributed by atoms with E-state index >= 15 is 0 Å². The van der Waals surface area contributed by atoms with Crippen molar-refractivity contribution >= 4 is 20.0 Å². The van der Waals surface area contributed by atoms with E-state index in [2.05, 4.69) is 4.72 Å². The molecule has 1 aromatic carbocycles. The van der Waals surface area contributed by atoms with Gasteiger partial charge in [0.1, 0.15) is 0 Å². The van der Waals surface area contributed by atoms with Crippen LogP contribution in [0.3, 0.4) is 0 Å². The molecule has 6 nitrogen and oxygen atoms in total. The number of rotatable bonds is 8. The van der Waals surface area contributed by atoms with Gasteiger partial charge in [-0.05, 0) is 54.9 Å². The average molecular weight is 389 g/mol. The van der Waals surface area contributed by atoms with Gasteiger partial charge in [-0.15, -0.1) is 0 Å². The zero-order chi connectivity index (χ0) is 18.7. The molecule has 2 rings (SSSR count). The van der Waals surface area contributed by atoms with Crippen molar-refractivity contribution in [2.24, 2.45) is 5.92 Å². The van der Waals surface area contributed by atoms with Crippen molar-refractivity contribution in [3.8, 4) is 0 Å². The molecule has 0 amide bonds. The predicted octanol–water partition coefficient (Wildman–Crippen LogP) is 1.76. The quantitative estimate of drug-likeness (QED) is 0.735. The molecule has 8 heteroatoms. The monoisotopic (exact) mass is 388 g/mol. The van der Waals surface area contributed by atoms with Gasteiger partial charge in [-0.1, -0.05) is 19.9 Å². The maximum absolute atomic E-state index is 12.5. The van der Waals surface area contributed by atoms with Crippen LogP contribution in [-0.2, 0) is 32.9 Å². The number of aryl methyl sites for hydroxylation is 2. The summed E-state index contributed by atoms with van der Waals surface area (Å²) in [5.74, 6) is 0.173. The first kappa shape index (κ1) is 20.4. The van der Waals surface area contributed by atoms with Crippen molar-refractivity contribution in [2.75, 3.05) is 25.9 Å². The Bertz CT molecular complexity index is 802. The van der Waals surface area contributed by atoms with Gasteiger partial charge < -0.3 is 0 Å². The predicted molar refractivity (Wildman–Crippen MR) is 99.5 cm³/mol. The maximum atomic E-state index is 12.5. The molecule has 1 aliphatic carbocycles. The van der Waals surface area contributed by atoms with Crippen LogP contribution in [0.2, 0.25) is 0 Å². The van der Waals surface area contributed by atoms with Gasteiger partial charge in [-0.3, -0.25) is 0 Å². The number of hydrogen-bond acceptors (Lipinski definition) is 4. The SMILES string of the molecule is CC(C)CN(CCNS(=O)(=O)c1ccc2c(c1)CCCC2)S(C)(=O)=O. The molecule has 0 saturated carbocycles. The van der Waals surface area contributed by atoms with Crippen molar-refractivity contribution in [2.45, 2.75) is 44.4 Å². The summed E-state index contributed by atoms with van der Waals surface area (Å²) in [5, 5.41) is 0. The summed E-state index contributed by atoms with van der Waals surface area (Å²) in [6, 6.07) is 5.28. The average Bonchev–Trinajstić information content (AvgIpc) is 2.52. The molecular formula is C17H28N2O4S2. The number of benzene rings is 1. The van der Waals surface area contributed by atoms with Gasteiger partial charge in [0.2, 0.25) is 20.0 Å². The highest BCUT2D eigenvalue weighted by molar-refractivity contribution is 7.89. The van der Waals surface area contributed by atoms with Crippen molar-refractivity contribution < 1.29 is 16.8 Å². The van der Waals surface area contributed by atoms with E-state index in [-0.39, 0.29) is 23.9 Å². The molecule has 0 spiro atoms. The Balaban J connectivity index is 2.03. The van der Waals surface area contributed by atoms with Gasteiger partial charge in [0, 0.05) is 19.6 Å². The second kappa shape index (κ2) is 8.16. The van der Waals surface area contributed by atoms with Crippen LogP contribution in [0.15, 0.2) is 23.1 Å². The lowest BCUT2D eigenvalue weighted by Gasteiger charge is -2.22. The minimum atomic E-state index is -3.63. The smallest absolute Gasteiger partial charge is 0.213 e. The molecule has 0 atom stereocenters. The number of fused-ring (bicyclic) bond motifs is 1. The summed E-state index contributed by atoms with van der Waals surface area (Å²) in [7, 11) is -6.99. The largest absolute Gasteiger partial charge is 0.240 e. The Morgan fingerprint density at radius 3 is 2.32 bits per heavy atom. The maximum Gasteiger partial charge on any atom is 0.240 e. The molecule has 142 valence electrons. The van der Waals surface area contributed by atoms with Crippen LogP contribution in [0, 0.1) is 5.92 Å². The van der Waals surface area contributed by atoms with Crippen LogP contribution in [-0.4, -0.2) is 47.0 Å². The van der Waals surface area contributed by atoms with E-state index in [0.29, 0.717) is 6.54 Å². The Morgan fingerprint density at radius 1 is 1.08 bits per heavy atom. The van der Waals surface area contributed by atoms with Gasteiger partial charge in [-0.25, -0.2) is 25.9 Å².